The van der Waals surface area contributed by atoms with Gasteiger partial charge in [-0.25, -0.2) is 4.79 Å². The summed E-state index contributed by atoms with van der Waals surface area (Å²) in [7, 11) is 0. The Kier molecular flexibility index (Phi) is 5.16. The van der Waals surface area contributed by atoms with Gasteiger partial charge >= 0.3 is 6.03 Å². The molecule has 6 nitrogen and oxygen atoms in total. The molecule has 6 heteroatoms. The van der Waals surface area contributed by atoms with E-state index >= 15 is 0 Å². The lowest BCUT2D eigenvalue weighted by Crippen LogP contribution is -2.47. The van der Waals surface area contributed by atoms with Crippen LogP contribution in [-0.2, 0) is 9.53 Å². The molecule has 1 aromatic rings. The summed E-state index contributed by atoms with van der Waals surface area (Å²) in [6.45, 7) is 2.49. The predicted octanol–water partition coefficient (Wildman–Crippen LogP) is 2.78. The number of benzene rings is 1. The van der Waals surface area contributed by atoms with E-state index in [0.29, 0.717) is 32.8 Å². The fourth-order valence-corrected chi connectivity index (χ4v) is 4.37. The van der Waals surface area contributed by atoms with Gasteiger partial charge in [0.1, 0.15) is 0 Å². The smallest absolute Gasteiger partial charge is 0.321 e. The van der Waals surface area contributed by atoms with Crippen LogP contribution in [0.4, 0.5) is 10.5 Å². The molecule has 144 valence electrons. The van der Waals surface area contributed by atoms with Gasteiger partial charge in [-0.05, 0) is 37.8 Å². The van der Waals surface area contributed by atoms with Crippen molar-refractivity contribution in [1.82, 2.24) is 10.2 Å². The number of hydrogen-bond donors (Lipinski definition) is 2. The summed E-state index contributed by atoms with van der Waals surface area (Å²) in [5.41, 5.74) is 1.46. The Morgan fingerprint density at radius 1 is 1.22 bits per heavy atom. The van der Waals surface area contributed by atoms with Crippen LogP contribution in [0.1, 0.15) is 25.7 Å². The molecule has 0 bridgehead atoms. The van der Waals surface area contributed by atoms with Gasteiger partial charge in [0.15, 0.2) is 0 Å². The Bertz CT molecular complexity index is 733. The largest absolute Gasteiger partial charge is 0.380 e. The van der Waals surface area contributed by atoms with Crippen LogP contribution in [0.5, 0.6) is 0 Å². The normalized spacial score (nSPS) is 27.0. The summed E-state index contributed by atoms with van der Waals surface area (Å²) in [5, 5.41) is 6.04. The minimum absolute atomic E-state index is 0.0199. The number of ether oxygens (including phenoxy) is 1. The summed E-state index contributed by atoms with van der Waals surface area (Å²) in [6.07, 6.45) is 6.86. The van der Waals surface area contributed by atoms with Crippen molar-refractivity contribution in [2.24, 2.45) is 11.3 Å². The molecule has 2 fully saturated rings. The molecule has 3 amide bonds. The van der Waals surface area contributed by atoms with E-state index in [4.69, 9.17) is 4.74 Å². The zero-order chi connectivity index (χ0) is 18.7. The molecule has 27 heavy (non-hydrogen) atoms. The number of hydrogen-bond acceptors (Lipinski definition) is 3. The monoisotopic (exact) mass is 369 g/mol. The third-order valence-electron chi connectivity index (χ3n) is 6.00. The molecule has 2 atom stereocenters. The number of carbonyl (C=O) groups excluding carboxylic acids is 2. The number of para-hydroxylation sites is 1. The Labute approximate surface area is 159 Å². The Morgan fingerprint density at radius 3 is 2.85 bits per heavy atom. The number of rotatable bonds is 4. The van der Waals surface area contributed by atoms with E-state index in [2.05, 4.69) is 16.7 Å². The first-order chi connectivity index (χ1) is 13.2. The van der Waals surface area contributed by atoms with Crippen molar-refractivity contribution >= 4 is 17.6 Å². The van der Waals surface area contributed by atoms with Crippen LogP contribution in [0.3, 0.4) is 0 Å². The predicted molar refractivity (Wildman–Crippen MR) is 103 cm³/mol. The highest BCUT2D eigenvalue weighted by Crippen LogP contribution is 2.41. The van der Waals surface area contributed by atoms with Gasteiger partial charge in [0.2, 0.25) is 5.91 Å². The van der Waals surface area contributed by atoms with Crippen LogP contribution in [0.2, 0.25) is 0 Å². The maximum Gasteiger partial charge on any atom is 0.321 e. The van der Waals surface area contributed by atoms with Crippen molar-refractivity contribution in [2.75, 3.05) is 38.2 Å². The van der Waals surface area contributed by atoms with Gasteiger partial charge < -0.3 is 20.3 Å². The molecule has 1 aliphatic carbocycles. The third kappa shape index (κ3) is 3.72. The van der Waals surface area contributed by atoms with Gasteiger partial charge in [0, 0.05) is 31.2 Å². The molecule has 0 radical (unpaired) electrons. The summed E-state index contributed by atoms with van der Waals surface area (Å²) < 4.78 is 5.64. The molecule has 0 saturated carbocycles. The van der Waals surface area contributed by atoms with Gasteiger partial charge in [0.05, 0.1) is 18.6 Å². The second-order valence-corrected chi connectivity index (χ2v) is 7.84. The van der Waals surface area contributed by atoms with Gasteiger partial charge in [-0.3, -0.25) is 4.79 Å². The lowest BCUT2D eigenvalue weighted by Gasteiger charge is -2.26. The number of likely N-dealkylation sites (tertiary alicyclic amines) is 1. The van der Waals surface area contributed by atoms with E-state index in [9.17, 15) is 9.59 Å². The van der Waals surface area contributed by atoms with Crippen molar-refractivity contribution in [2.45, 2.75) is 25.7 Å². The molecule has 0 spiro atoms. The molecule has 3 aliphatic rings. The van der Waals surface area contributed by atoms with E-state index in [0.717, 1.165) is 18.5 Å². The van der Waals surface area contributed by atoms with E-state index < -0.39 is 5.41 Å². The lowest BCUT2D eigenvalue weighted by atomic mass is 9.80. The zero-order valence-electron chi connectivity index (χ0n) is 15.6. The maximum absolute atomic E-state index is 13.0. The molecule has 0 aromatic heterocycles. The summed E-state index contributed by atoms with van der Waals surface area (Å²) in [5.74, 6) is 0.0749. The van der Waals surface area contributed by atoms with Crippen molar-refractivity contribution in [3.63, 3.8) is 0 Å². The molecule has 0 unspecified atom stereocenters. The Balaban J connectivity index is 1.39. The second-order valence-electron chi connectivity index (χ2n) is 7.84. The number of nitrogens with one attached hydrogen (secondary N) is 2. The molecule has 1 aromatic carbocycles. The molecule has 2 saturated heterocycles. The van der Waals surface area contributed by atoms with Crippen LogP contribution in [0.25, 0.3) is 0 Å². The van der Waals surface area contributed by atoms with Gasteiger partial charge in [-0.15, -0.1) is 0 Å². The number of allylic oxidation sites excluding steroid dienone is 1. The third-order valence-corrected chi connectivity index (χ3v) is 6.00. The fraction of sp³-hybridized carbons (Fsp3) is 0.524. The fourth-order valence-electron chi connectivity index (χ4n) is 4.37. The number of amides is 3. The first-order valence-electron chi connectivity index (χ1n) is 9.82. The van der Waals surface area contributed by atoms with Crippen LogP contribution in [-0.4, -0.2) is 49.7 Å². The average Bonchev–Trinajstić information content (AvgIpc) is 3.26. The highest BCUT2D eigenvalue weighted by molar-refractivity contribution is 5.91. The summed E-state index contributed by atoms with van der Waals surface area (Å²) >= 11 is 0. The molecule has 2 aliphatic heterocycles. The van der Waals surface area contributed by atoms with Crippen molar-refractivity contribution in [3.05, 3.63) is 42.0 Å². The van der Waals surface area contributed by atoms with Crippen LogP contribution in [0.15, 0.2) is 42.0 Å². The van der Waals surface area contributed by atoms with Crippen molar-refractivity contribution in [3.8, 4) is 0 Å². The molecule has 2 N–H and O–H groups in total. The number of urea groups is 1. The number of anilines is 1. The van der Waals surface area contributed by atoms with Gasteiger partial charge in [0.25, 0.3) is 0 Å². The Morgan fingerprint density at radius 2 is 2.07 bits per heavy atom. The second kappa shape index (κ2) is 7.72. The molecular weight excluding hydrogens is 342 g/mol. The quantitative estimate of drug-likeness (QED) is 0.802. The molecule has 2 heterocycles. The highest BCUT2D eigenvalue weighted by atomic mass is 16.5. The SMILES string of the molecule is O=C(Nc1ccccc1)N1C[C@@H]2COC[C@]2(C(=O)NCC2=CCCCC2)C1. The lowest BCUT2D eigenvalue weighted by molar-refractivity contribution is -0.131. The van der Waals surface area contributed by atoms with E-state index in [-0.39, 0.29) is 17.9 Å². The first-order valence-corrected chi connectivity index (χ1v) is 9.82. The summed E-state index contributed by atoms with van der Waals surface area (Å²) in [4.78, 5) is 27.4. The van der Waals surface area contributed by atoms with E-state index in [1.165, 1.54) is 18.4 Å². The van der Waals surface area contributed by atoms with Crippen molar-refractivity contribution in [1.29, 1.82) is 0 Å². The first kappa shape index (κ1) is 18.0. The Hall–Kier alpha value is -2.34. The molecular formula is C21H27N3O3. The van der Waals surface area contributed by atoms with E-state index in [1.54, 1.807) is 4.90 Å². The molecule has 4 rings (SSSR count). The summed E-state index contributed by atoms with van der Waals surface area (Å²) in [6, 6.07) is 9.25. The highest BCUT2D eigenvalue weighted by Gasteiger charge is 2.56. The zero-order valence-corrected chi connectivity index (χ0v) is 15.6. The standard InChI is InChI=1S/C21H27N3O3/c25-19(22-11-16-7-3-1-4-8-16)21-14-24(12-17(21)13-27-15-21)20(26)23-18-9-5-2-6-10-18/h2,5-7,9-10,17H,1,3-4,8,11-15H2,(H,22,25)(H,23,26)/t17-,21-/m1/s1. The number of nitrogens with zero attached hydrogens (tertiary/aromatic N) is 1. The maximum atomic E-state index is 13.0. The van der Waals surface area contributed by atoms with Gasteiger partial charge in [-0.1, -0.05) is 29.8 Å². The van der Waals surface area contributed by atoms with Crippen LogP contribution < -0.4 is 10.6 Å². The minimum atomic E-state index is -0.622. The average molecular weight is 369 g/mol. The van der Waals surface area contributed by atoms with Gasteiger partial charge in [-0.2, -0.15) is 0 Å². The van der Waals surface area contributed by atoms with Crippen LogP contribution in [0, 0.1) is 11.3 Å². The van der Waals surface area contributed by atoms with E-state index in [1.807, 2.05) is 30.3 Å². The topological polar surface area (TPSA) is 70.7 Å². The van der Waals surface area contributed by atoms with Crippen LogP contribution >= 0.6 is 0 Å². The minimum Gasteiger partial charge on any atom is -0.380 e. The number of carbonyl (C=O) groups is 2. The van der Waals surface area contributed by atoms with Crippen molar-refractivity contribution < 1.29 is 14.3 Å². The number of fused-ring (bicyclic) bond motifs is 1.